The van der Waals surface area contributed by atoms with Crippen LogP contribution in [0.5, 0.6) is 5.88 Å². The maximum Gasteiger partial charge on any atom is 0.245 e. The molecule has 1 aliphatic carbocycles. The van der Waals surface area contributed by atoms with Crippen molar-refractivity contribution in [3.05, 3.63) is 36.2 Å². The number of benzene rings is 1. The van der Waals surface area contributed by atoms with Crippen LogP contribution in [0.4, 0.5) is 11.6 Å². The number of ether oxygens (including phenoxy) is 2. The smallest absolute Gasteiger partial charge is 0.245 e. The normalized spacial score (nSPS) is 18.2. The van der Waals surface area contributed by atoms with Gasteiger partial charge in [-0.25, -0.2) is 13.4 Å². The maximum absolute atomic E-state index is 12.8. The highest BCUT2D eigenvalue weighted by atomic mass is 32.2. The molecule has 1 saturated carbocycles. The molecule has 10 nitrogen and oxygen atoms in total. The third kappa shape index (κ3) is 5.48. The second-order valence-corrected chi connectivity index (χ2v) is 10.8. The zero-order chi connectivity index (χ0) is 23.4. The minimum absolute atomic E-state index is 0.0719. The van der Waals surface area contributed by atoms with E-state index in [0.29, 0.717) is 73.1 Å². The molecule has 2 aromatic heterocycles. The first kappa shape index (κ1) is 23.0. The molecule has 0 radical (unpaired) electrons. The molecule has 3 heterocycles. The molecule has 1 aliphatic heterocycles. The molecule has 2 fully saturated rings. The van der Waals surface area contributed by atoms with Gasteiger partial charge in [0.1, 0.15) is 5.52 Å². The number of hydrogen-bond donors (Lipinski definition) is 2. The summed E-state index contributed by atoms with van der Waals surface area (Å²) in [6.07, 6.45) is 7.75. The number of sulfonamides is 1. The largest absolute Gasteiger partial charge is 0.476 e. The van der Waals surface area contributed by atoms with E-state index in [1.54, 1.807) is 18.5 Å². The van der Waals surface area contributed by atoms with Gasteiger partial charge in [0.25, 0.3) is 0 Å². The molecule has 1 aromatic carbocycles. The van der Waals surface area contributed by atoms with Crippen LogP contribution in [0.25, 0.3) is 11.2 Å². The van der Waals surface area contributed by atoms with Crippen molar-refractivity contribution in [2.45, 2.75) is 37.9 Å². The van der Waals surface area contributed by atoms with Crippen molar-refractivity contribution in [2.24, 2.45) is 5.92 Å². The van der Waals surface area contributed by atoms with Crippen molar-refractivity contribution < 1.29 is 17.9 Å². The van der Waals surface area contributed by atoms with E-state index < -0.39 is 10.0 Å². The second kappa shape index (κ2) is 10.2. The van der Waals surface area contributed by atoms with Crippen molar-refractivity contribution in [3.8, 4) is 5.88 Å². The number of H-pyrrole nitrogens is 1. The Balaban J connectivity index is 1.31. The van der Waals surface area contributed by atoms with Crippen LogP contribution in [0, 0.1) is 5.92 Å². The summed E-state index contributed by atoms with van der Waals surface area (Å²) in [6.45, 7) is 2.26. The first-order chi connectivity index (χ1) is 16.6. The molecule has 3 aromatic rings. The fraction of sp³-hybridized carbons (Fsp3) is 0.522. The summed E-state index contributed by atoms with van der Waals surface area (Å²) in [5.41, 5.74) is 2.57. The van der Waals surface area contributed by atoms with Gasteiger partial charge >= 0.3 is 0 Å². The van der Waals surface area contributed by atoms with Gasteiger partial charge in [0, 0.05) is 18.8 Å². The van der Waals surface area contributed by atoms with Gasteiger partial charge in [0.2, 0.25) is 21.9 Å². The lowest BCUT2D eigenvalue weighted by atomic mass is 9.90. The standard InChI is InChI=1S/C23H30N6O4S/c30-34(31,29-9-11-32-12-10-29)15-18-7-4-8-19(13-18)26-23-27-21-20(24-16-25-21)22(28-23)33-14-17-5-2-1-3-6-17/h4,7-8,13,16-17H,1-3,5-6,9-12,14-15H2,(H2,24,25,26,27,28). The molecular weight excluding hydrogens is 456 g/mol. The average molecular weight is 487 g/mol. The Morgan fingerprint density at radius 2 is 1.97 bits per heavy atom. The third-order valence-electron chi connectivity index (χ3n) is 6.33. The van der Waals surface area contributed by atoms with Crippen LogP contribution in [-0.2, 0) is 20.5 Å². The highest BCUT2D eigenvalue weighted by molar-refractivity contribution is 7.88. The van der Waals surface area contributed by atoms with E-state index in [1.807, 2.05) is 12.1 Å². The zero-order valence-corrected chi connectivity index (χ0v) is 19.9. The van der Waals surface area contributed by atoms with Gasteiger partial charge in [-0.3, -0.25) is 0 Å². The van der Waals surface area contributed by atoms with Crippen molar-refractivity contribution in [3.63, 3.8) is 0 Å². The quantitative estimate of drug-likeness (QED) is 0.498. The molecule has 182 valence electrons. The lowest BCUT2D eigenvalue weighted by molar-refractivity contribution is 0.0729. The maximum atomic E-state index is 12.8. The van der Waals surface area contributed by atoms with Crippen molar-refractivity contribution in [1.29, 1.82) is 0 Å². The Morgan fingerprint density at radius 1 is 1.15 bits per heavy atom. The van der Waals surface area contributed by atoms with Crippen LogP contribution in [-0.4, -0.2) is 65.6 Å². The predicted octanol–water partition coefficient (Wildman–Crippen LogP) is 3.22. The van der Waals surface area contributed by atoms with Crippen molar-refractivity contribution >= 4 is 32.8 Å². The van der Waals surface area contributed by atoms with Gasteiger partial charge in [-0.1, -0.05) is 31.4 Å². The van der Waals surface area contributed by atoms with Crippen molar-refractivity contribution in [2.75, 3.05) is 38.2 Å². The second-order valence-electron chi connectivity index (χ2n) is 8.86. The van der Waals surface area contributed by atoms with E-state index >= 15 is 0 Å². The first-order valence-corrected chi connectivity index (χ1v) is 13.4. The Bertz CT molecular complexity index is 1220. The van der Waals surface area contributed by atoms with Gasteiger partial charge in [-0.2, -0.15) is 14.3 Å². The molecule has 0 amide bonds. The lowest BCUT2D eigenvalue weighted by Crippen LogP contribution is -2.41. The van der Waals surface area contributed by atoms with Crippen LogP contribution in [0.2, 0.25) is 0 Å². The number of anilines is 2. The molecule has 0 unspecified atom stereocenters. The monoisotopic (exact) mass is 486 g/mol. The summed E-state index contributed by atoms with van der Waals surface area (Å²) >= 11 is 0. The van der Waals surface area contributed by atoms with Gasteiger partial charge in [-0.15, -0.1) is 0 Å². The fourth-order valence-corrected chi connectivity index (χ4v) is 6.00. The highest BCUT2D eigenvalue weighted by Gasteiger charge is 2.24. The Kier molecular flexibility index (Phi) is 6.93. The van der Waals surface area contributed by atoms with Gasteiger partial charge in [0.05, 0.1) is 31.9 Å². The number of imidazole rings is 1. The number of aromatic amines is 1. The van der Waals surface area contributed by atoms with Gasteiger partial charge in [-0.05, 0) is 36.5 Å². The van der Waals surface area contributed by atoms with E-state index in [1.165, 1.54) is 36.4 Å². The molecule has 34 heavy (non-hydrogen) atoms. The molecule has 5 rings (SSSR count). The van der Waals surface area contributed by atoms with Crippen LogP contribution in [0.3, 0.4) is 0 Å². The molecule has 0 atom stereocenters. The van der Waals surface area contributed by atoms with E-state index in [4.69, 9.17) is 9.47 Å². The number of aromatic nitrogens is 4. The summed E-state index contributed by atoms with van der Waals surface area (Å²) in [5.74, 6) is 1.30. The number of nitrogens with zero attached hydrogens (tertiary/aromatic N) is 4. The zero-order valence-electron chi connectivity index (χ0n) is 19.1. The van der Waals surface area contributed by atoms with E-state index in [2.05, 4.69) is 25.3 Å². The average Bonchev–Trinajstić information content (AvgIpc) is 3.33. The fourth-order valence-electron chi connectivity index (χ4n) is 4.51. The minimum Gasteiger partial charge on any atom is -0.476 e. The molecular formula is C23H30N6O4S. The number of hydrogen-bond acceptors (Lipinski definition) is 8. The van der Waals surface area contributed by atoms with E-state index in [0.717, 1.165) is 0 Å². The Morgan fingerprint density at radius 3 is 2.79 bits per heavy atom. The van der Waals surface area contributed by atoms with E-state index in [9.17, 15) is 8.42 Å². The summed E-state index contributed by atoms with van der Waals surface area (Å²) in [4.78, 5) is 16.4. The Hall–Kier alpha value is -2.76. The van der Waals surface area contributed by atoms with Crippen LogP contribution in [0.15, 0.2) is 30.6 Å². The van der Waals surface area contributed by atoms with Gasteiger partial charge < -0.3 is 19.8 Å². The summed E-state index contributed by atoms with van der Waals surface area (Å²) in [6, 6.07) is 7.28. The molecule has 11 heteroatoms. The van der Waals surface area contributed by atoms with Crippen LogP contribution < -0.4 is 10.1 Å². The third-order valence-corrected chi connectivity index (χ3v) is 8.18. The van der Waals surface area contributed by atoms with Crippen LogP contribution >= 0.6 is 0 Å². The van der Waals surface area contributed by atoms with E-state index in [-0.39, 0.29) is 5.75 Å². The van der Waals surface area contributed by atoms with Crippen molar-refractivity contribution in [1.82, 2.24) is 24.2 Å². The molecule has 1 saturated heterocycles. The highest BCUT2D eigenvalue weighted by Crippen LogP contribution is 2.27. The summed E-state index contributed by atoms with van der Waals surface area (Å²) in [7, 11) is -3.41. The topological polar surface area (TPSA) is 122 Å². The number of rotatable bonds is 8. The SMILES string of the molecule is O=S(=O)(Cc1cccc(Nc2nc(OCC3CCCCC3)c3[nH]cnc3n2)c1)N1CCOCC1. The predicted molar refractivity (Wildman–Crippen MR) is 128 cm³/mol. The molecule has 2 N–H and O–H groups in total. The lowest BCUT2D eigenvalue weighted by Gasteiger charge is -2.26. The van der Waals surface area contributed by atoms with Crippen LogP contribution in [0.1, 0.15) is 37.7 Å². The minimum atomic E-state index is -3.41. The number of fused-ring (bicyclic) bond motifs is 1. The molecule has 0 spiro atoms. The molecule has 2 aliphatic rings. The Labute approximate surface area is 199 Å². The van der Waals surface area contributed by atoms with Gasteiger partial charge in [0.15, 0.2) is 5.65 Å². The number of nitrogens with one attached hydrogen (secondary N) is 2. The number of morpholine rings is 1. The summed E-state index contributed by atoms with van der Waals surface area (Å²) < 4.78 is 38.4. The molecule has 0 bridgehead atoms. The summed E-state index contributed by atoms with van der Waals surface area (Å²) in [5, 5.41) is 3.19. The first-order valence-electron chi connectivity index (χ1n) is 11.8.